The van der Waals surface area contributed by atoms with Gasteiger partial charge in [-0.2, -0.15) is 13.2 Å². The SMILES string of the molecule is CCC(C)(C)n1nnnc1[C@H](c1cccnc1)N1CCN(c2cccc(C(F)(F)F)c2)CC1. The molecule has 0 aliphatic carbocycles. The van der Waals surface area contributed by atoms with E-state index in [1.54, 1.807) is 12.3 Å². The summed E-state index contributed by atoms with van der Waals surface area (Å²) in [6.45, 7) is 8.77. The van der Waals surface area contributed by atoms with E-state index >= 15 is 0 Å². The van der Waals surface area contributed by atoms with Gasteiger partial charge in [0.1, 0.15) is 0 Å². The predicted octanol–water partition coefficient (Wildman–Crippen LogP) is 4.14. The molecule has 0 spiro atoms. The molecule has 2 aromatic heterocycles. The third-order valence-electron chi connectivity index (χ3n) is 6.39. The zero-order valence-corrected chi connectivity index (χ0v) is 19.0. The Balaban J connectivity index is 1.60. The molecule has 7 nitrogen and oxygen atoms in total. The summed E-state index contributed by atoms with van der Waals surface area (Å²) in [6, 6.07) is 9.21. The van der Waals surface area contributed by atoms with E-state index in [0.29, 0.717) is 31.9 Å². The zero-order valence-electron chi connectivity index (χ0n) is 19.0. The van der Waals surface area contributed by atoms with Crippen molar-refractivity contribution in [1.82, 2.24) is 30.1 Å². The molecule has 1 aromatic carbocycles. The highest BCUT2D eigenvalue weighted by atomic mass is 19.4. The van der Waals surface area contributed by atoms with Crippen LogP contribution in [0.5, 0.6) is 0 Å². The Labute approximate surface area is 191 Å². The summed E-state index contributed by atoms with van der Waals surface area (Å²) in [5.41, 5.74) is 0.669. The van der Waals surface area contributed by atoms with Crippen LogP contribution in [0.4, 0.5) is 18.9 Å². The number of hydrogen-bond acceptors (Lipinski definition) is 6. The fourth-order valence-corrected chi connectivity index (χ4v) is 4.12. The third kappa shape index (κ3) is 4.85. The minimum atomic E-state index is -4.35. The summed E-state index contributed by atoms with van der Waals surface area (Å²) in [4.78, 5) is 8.56. The number of rotatable bonds is 6. The molecule has 0 amide bonds. The highest BCUT2D eigenvalue weighted by Gasteiger charge is 2.35. The zero-order chi connectivity index (χ0) is 23.6. The highest BCUT2D eigenvalue weighted by molar-refractivity contribution is 5.49. The first kappa shape index (κ1) is 23.2. The lowest BCUT2D eigenvalue weighted by molar-refractivity contribution is -0.137. The molecule has 4 rings (SSSR count). The van der Waals surface area contributed by atoms with Crippen LogP contribution in [-0.4, -0.2) is 56.3 Å². The Morgan fingerprint density at radius 2 is 1.79 bits per heavy atom. The molecule has 0 saturated carbocycles. The Morgan fingerprint density at radius 1 is 1.03 bits per heavy atom. The summed E-state index contributed by atoms with van der Waals surface area (Å²) in [7, 11) is 0. The molecule has 3 heterocycles. The molecule has 10 heteroatoms. The lowest BCUT2D eigenvalue weighted by Crippen LogP contribution is -2.49. The normalized spacial score (nSPS) is 16.7. The summed E-state index contributed by atoms with van der Waals surface area (Å²) in [5, 5.41) is 12.7. The van der Waals surface area contributed by atoms with Crippen molar-refractivity contribution in [3.8, 4) is 0 Å². The first-order valence-corrected chi connectivity index (χ1v) is 11.1. The minimum Gasteiger partial charge on any atom is -0.369 e. The summed E-state index contributed by atoms with van der Waals surface area (Å²) < 4.78 is 41.4. The molecule has 0 bridgehead atoms. The standard InChI is InChI=1S/C23H28F3N7/c1-4-22(2,3)33-21(28-29-30-33)20(17-7-6-10-27-16-17)32-13-11-31(12-14-32)19-9-5-8-18(15-19)23(24,25)26/h5-10,15-16,20H,4,11-14H2,1-3H3/t20-/m0/s1. The van der Waals surface area contributed by atoms with Crippen molar-refractivity contribution in [3.05, 3.63) is 65.7 Å². The second kappa shape index (κ2) is 9.09. The van der Waals surface area contributed by atoms with E-state index in [1.165, 1.54) is 12.1 Å². The van der Waals surface area contributed by atoms with E-state index in [2.05, 4.69) is 46.2 Å². The topological polar surface area (TPSA) is 63.0 Å². The van der Waals surface area contributed by atoms with E-state index < -0.39 is 11.7 Å². The second-order valence-corrected chi connectivity index (χ2v) is 8.87. The van der Waals surface area contributed by atoms with Gasteiger partial charge >= 0.3 is 6.18 Å². The number of anilines is 1. The van der Waals surface area contributed by atoms with Gasteiger partial charge in [0.05, 0.1) is 17.1 Å². The number of pyridine rings is 1. The number of benzene rings is 1. The maximum atomic E-state index is 13.2. The Morgan fingerprint density at radius 3 is 2.42 bits per heavy atom. The van der Waals surface area contributed by atoms with Crippen molar-refractivity contribution in [3.63, 3.8) is 0 Å². The number of nitrogens with zero attached hydrogens (tertiary/aromatic N) is 7. The van der Waals surface area contributed by atoms with Crippen LogP contribution < -0.4 is 4.90 Å². The molecule has 1 saturated heterocycles. The first-order valence-electron chi connectivity index (χ1n) is 11.1. The number of hydrogen-bond donors (Lipinski definition) is 0. The van der Waals surface area contributed by atoms with Crippen LogP contribution in [0.3, 0.4) is 0 Å². The van der Waals surface area contributed by atoms with Crippen molar-refractivity contribution in [2.45, 2.75) is 44.9 Å². The van der Waals surface area contributed by atoms with Gasteiger partial charge in [0.15, 0.2) is 5.82 Å². The average molecular weight is 460 g/mol. The maximum Gasteiger partial charge on any atom is 0.416 e. The van der Waals surface area contributed by atoms with Crippen LogP contribution in [0, 0.1) is 0 Å². The molecule has 3 aromatic rings. The number of alkyl halides is 3. The fraction of sp³-hybridized carbons (Fsp3) is 0.478. The largest absolute Gasteiger partial charge is 0.416 e. The molecular weight excluding hydrogens is 431 g/mol. The highest BCUT2D eigenvalue weighted by Crippen LogP contribution is 2.34. The molecule has 1 fully saturated rings. The van der Waals surface area contributed by atoms with E-state index in [9.17, 15) is 13.2 Å². The molecular formula is C23H28F3N7. The van der Waals surface area contributed by atoms with Gasteiger partial charge in [-0.15, -0.1) is 5.10 Å². The number of piperazine rings is 1. The smallest absolute Gasteiger partial charge is 0.369 e. The molecule has 1 aliphatic heterocycles. The lowest BCUT2D eigenvalue weighted by Gasteiger charge is -2.40. The summed E-state index contributed by atoms with van der Waals surface area (Å²) in [6.07, 6.45) is 0.0490. The predicted molar refractivity (Wildman–Crippen MR) is 119 cm³/mol. The summed E-state index contributed by atoms with van der Waals surface area (Å²) in [5.74, 6) is 0.738. The van der Waals surface area contributed by atoms with Gasteiger partial charge in [-0.1, -0.05) is 19.1 Å². The molecule has 0 unspecified atom stereocenters. The molecule has 33 heavy (non-hydrogen) atoms. The van der Waals surface area contributed by atoms with Crippen LogP contribution in [0.2, 0.25) is 0 Å². The van der Waals surface area contributed by atoms with Crippen LogP contribution in [0.15, 0.2) is 48.8 Å². The van der Waals surface area contributed by atoms with Crippen LogP contribution in [-0.2, 0) is 11.7 Å². The van der Waals surface area contributed by atoms with E-state index in [4.69, 9.17) is 0 Å². The van der Waals surface area contributed by atoms with E-state index in [1.807, 2.05) is 27.9 Å². The van der Waals surface area contributed by atoms with E-state index in [0.717, 1.165) is 23.9 Å². The van der Waals surface area contributed by atoms with Crippen molar-refractivity contribution in [1.29, 1.82) is 0 Å². The molecule has 0 radical (unpaired) electrons. The van der Waals surface area contributed by atoms with Gasteiger partial charge < -0.3 is 4.90 Å². The lowest BCUT2D eigenvalue weighted by atomic mass is 10.00. The van der Waals surface area contributed by atoms with Gasteiger partial charge in [0.25, 0.3) is 0 Å². The Bertz CT molecular complexity index is 1060. The van der Waals surface area contributed by atoms with Gasteiger partial charge in [0.2, 0.25) is 0 Å². The van der Waals surface area contributed by atoms with Gasteiger partial charge in [-0.05, 0) is 60.5 Å². The fourth-order valence-electron chi connectivity index (χ4n) is 4.12. The summed E-state index contributed by atoms with van der Waals surface area (Å²) >= 11 is 0. The number of aromatic nitrogens is 5. The number of halogens is 3. The van der Waals surface area contributed by atoms with E-state index in [-0.39, 0.29) is 11.6 Å². The molecule has 1 aliphatic rings. The average Bonchev–Trinajstić information content (AvgIpc) is 3.30. The van der Waals surface area contributed by atoms with Crippen molar-refractivity contribution < 1.29 is 13.2 Å². The van der Waals surface area contributed by atoms with Crippen LogP contribution in [0.25, 0.3) is 0 Å². The molecule has 0 N–H and O–H groups in total. The van der Waals surface area contributed by atoms with Crippen LogP contribution in [0.1, 0.15) is 50.2 Å². The van der Waals surface area contributed by atoms with Crippen molar-refractivity contribution in [2.24, 2.45) is 0 Å². The second-order valence-electron chi connectivity index (χ2n) is 8.87. The first-order chi connectivity index (χ1) is 15.7. The Kier molecular flexibility index (Phi) is 6.38. The molecule has 176 valence electrons. The minimum absolute atomic E-state index is 0.205. The van der Waals surface area contributed by atoms with Gasteiger partial charge in [-0.25, -0.2) is 4.68 Å². The third-order valence-corrected chi connectivity index (χ3v) is 6.39. The van der Waals surface area contributed by atoms with Crippen molar-refractivity contribution in [2.75, 3.05) is 31.1 Å². The van der Waals surface area contributed by atoms with Crippen molar-refractivity contribution >= 4 is 5.69 Å². The quantitative estimate of drug-likeness (QED) is 0.552. The number of tetrazole rings is 1. The molecule has 1 atom stereocenters. The monoisotopic (exact) mass is 459 g/mol. The Hall–Kier alpha value is -3.01. The van der Waals surface area contributed by atoms with Gasteiger partial charge in [-0.3, -0.25) is 9.88 Å². The van der Waals surface area contributed by atoms with Crippen LogP contribution >= 0.6 is 0 Å². The maximum absolute atomic E-state index is 13.2. The van der Waals surface area contributed by atoms with Gasteiger partial charge in [0, 0.05) is 44.3 Å².